The highest BCUT2D eigenvalue weighted by Gasteiger charge is 2.17. The molecule has 3 aromatic heterocycles. The molecule has 1 amide bonds. The van der Waals surface area contributed by atoms with Crippen LogP contribution in [0.4, 0.5) is 0 Å². The number of hydrogen-bond acceptors (Lipinski definition) is 4. The first-order valence-electron chi connectivity index (χ1n) is 8.37. The molecule has 0 unspecified atom stereocenters. The van der Waals surface area contributed by atoms with Crippen LogP contribution in [0.2, 0.25) is 0 Å². The zero-order chi connectivity index (χ0) is 17.9. The zero-order valence-electron chi connectivity index (χ0n) is 14.2. The maximum absolute atomic E-state index is 13.0. The van der Waals surface area contributed by atoms with Crippen molar-refractivity contribution in [2.24, 2.45) is 0 Å². The van der Waals surface area contributed by atoms with Gasteiger partial charge in [0.05, 0.1) is 29.1 Å². The van der Waals surface area contributed by atoms with Gasteiger partial charge >= 0.3 is 0 Å². The highest BCUT2D eigenvalue weighted by atomic mass is 16.3. The van der Waals surface area contributed by atoms with Gasteiger partial charge in [-0.3, -0.25) is 9.78 Å². The van der Waals surface area contributed by atoms with Gasteiger partial charge < -0.3 is 9.73 Å². The minimum Gasteiger partial charge on any atom is -0.467 e. The molecular formula is C21H17N3O2. The fourth-order valence-corrected chi connectivity index (χ4v) is 2.92. The third kappa shape index (κ3) is 3.07. The number of para-hydroxylation sites is 1. The topological polar surface area (TPSA) is 68.0 Å². The number of furan rings is 1. The summed E-state index contributed by atoms with van der Waals surface area (Å²) in [6, 6.07) is 16.6. The molecule has 128 valence electrons. The maximum atomic E-state index is 13.0. The molecule has 1 N–H and O–H groups in total. The number of benzene rings is 1. The predicted molar refractivity (Wildman–Crippen MR) is 99.6 cm³/mol. The molecule has 5 heteroatoms. The quantitative estimate of drug-likeness (QED) is 0.597. The van der Waals surface area contributed by atoms with Gasteiger partial charge in [-0.25, -0.2) is 4.98 Å². The second kappa shape index (κ2) is 6.80. The Morgan fingerprint density at radius 1 is 1.08 bits per heavy atom. The summed E-state index contributed by atoms with van der Waals surface area (Å²) in [5.41, 5.74) is 3.01. The summed E-state index contributed by atoms with van der Waals surface area (Å²) in [5, 5.41) is 3.81. The van der Waals surface area contributed by atoms with Crippen molar-refractivity contribution in [3.8, 4) is 11.3 Å². The Morgan fingerprint density at radius 3 is 2.65 bits per heavy atom. The first kappa shape index (κ1) is 16.0. The van der Waals surface area contributed by atoms with Crippen molar-refractivity contribution in [3.63, 3.8) is 0 Å². The molecule has 0 aliphatic carbocycles. The molecule has 0 spiro atoms. The molecule has 0 aliphatic rings. The molecule has 26 heavy (non-hydrogen) atoms. The van der Waals surface area contributed by atoms with Crippen molar-refractivity contribution in [3.05, 3.63) is 84.6 Å². The lowest BCUT2D eigenvalue weighted by Gasteiger charge is -2.14. The molecule has 0 radical (unpaired) electrons. The van der Waals surface area contributed by atoms with Gasteiger partial charge in [0.1, 0.15) is 5.76 Å². The highest BCUT2D eigenvalue weighted by molar-refractivity contribution is 6.07. The summed E-state index contributed by atoms with van der Waals surface area (Å²) >= 11 is 0. The van der Waals surface area contributed by atoms with Crippen LogP contribution in [-0.2, 0) is 0 Å². The van der Waals surface area contributed by atoms with Crippen molar-refractivity contribution in [2.75, 3.05) is 0 Å². The Bertz CT molecular complexity index is 1040. The van der Waals surface area contributed by atoms with Crippen molar-refractivity contribution in [1.29, 1.82) is 0 Å². The van der Waals surface area contributed by atoms with E-state index in [2.05, 4.69) is 10.3 Å². The SMILES string of the molecule is C[C@H](NC(=O)c1cc(-c2ccncc2)nc2ccccc12)c1ccco1. The zero-order valence-corrected chi connectivity index (χ0v) is 14.2. The van der Waals surface area contributed by atoms with Gasteiger partial charge in [0.2, 0.25) is 0 Å². The van der Waals surface area contributed by atoms with Crippen molar-refractivity contribution < 1.29 is 9.21 Å². The van der Waals surface area contributed by atoms with Crippen molar-refractivity contribution in [2.45, 2.75) is 13.0 Å². The van der Waals surface area contributed by atoms with E-state index in [0.29, 0.717) is 11.3 Å². The summed E-state index contributed by atoms with van der Waals surface area (Å²) in [7, 11) is 0. The fraction of sp³-hybridized carbons (Fsp3) is 0.0952. The normalized spacial score (nSPS) is 12.0. The Kier molecular flexibility index (Phi) is 4.19. The van der Waals surface area contributed by atoms with Crippen molar-refractivity contribution >= 4 is 16.8 Å². The number of amides is 1. The standard InChI is InChI=1S/C21H17N3O2/c1-14(20-7-4-12-26-20)23-21(25)17-13-19(15-8-10-22-11-9-15)24-18-6-3-2-5-16(17)18/h2-14H,1H3,(H,23,25)/t14-/m0/s1. The van der Waals surface area contributed by atoms with E-state index in [4.69, 9.17) is 9.40 Å². The van der Waals surface area contributed by atoms with Gasteiger partial charge in [0.15, 0.2) is 0 Å². The lowest BCUT2D eigenvalue weighted by molar-refractivity contribution is 0.0937. The molecule has 0 aliphatic heterocycles. The molecule has 4 rings (SSSR count). The number of hydrogen-bond donors (Lipinski definition) is 1. The number of aromatic nitrogens is 2. The van der Waals surface area contributed by atoms with Crippen LogP contribution in [0.3, 0.4) is 0 Å². The molecule has 1 aromatic carbocycles. The molecule has 0 fully saturated rings. The molecule has 0 bridgehead atoms. The van der Waals surface area contributed by atoms with Gasteiger partial charge in [-0.15, -0.1) is 0 Å². The van der Waals surface area contributed by atoms with E-state index in [1.807, 2.05) is 55.5 Å². The van der Waals surface area contributed by atoms with Gasteiger partial charge in [0.25, 0.3) is 5.91 Å². The van der Waals surface area contributed by atoms with E-state index < -0.39 is 0 Å². The molecule has 0 saturated carbocycles. The van der Waals surface area contributed by atoms with Crippen LogP contribution >= 0.6 is 0 Å². The minimum absolute atomic E-state index is 0.164. The van der Waals surface area contributed by atoms with Crippen molar-refractivity contribution in [1.82, 2.24) is 15.3 Å². The average Bonchev–Trinajstić information content (AvgIpc) is 3.23. The number of nitrogens with one attached hydrogen (secondary N) is 1. The summed E-state index contributed by atoms with van der Waals surface area (Å²) < 4.78 is 5.38. The first-order valence-corrected chi connectivity index (χ1v) is 8.37. The summed E-state index contributed by atoms with van der Waals surface area (Å²) in [5.74, 6) is 0.550. The Hall–Kier alpha value is -3.47. The Balaban J connectivity index is 1.76. The van der Waals surface area contributed by atoms with Crippen LogP contribution in [0.1, 0.15) is 29.1 Å². The number of carbonyl (C=O) groups is 1. The van der Waals surface area contributed by atoms with Crippen LogP contribution in [0.15, 0.2) is 77.7 Å². The highest BCUT2D eigenvalue weighted by Crippen LogP contribution is 2.25. The molecular weight excluding hydrogens is 326 g/mol. The minimum atomic E-state index is -0.228. The van der Waals surface area contributed by atoms with E-state index in [-0.39, 0.29) is 11.9 Å². The lowest BCUT2D eigenvalue weighted by atomic mass is 10.0. The van der Waals surface area contributed by atoms with Gasteiger partial charge in [0, 0.05) is 23.3 Å². The van der Waals surface area contributed by atoms with Crippen LogP contribution in [0, 0.1) is 0 Å². The number of nitrogens with zero attached hydrogens (tertiary/aromatic N) is 2. The van der Waals surface area contributed by atoms with E-state index in [1.165, 1.54) is 0 Å². The van der Waals surface area contributed by atoms with Crippen LogP contribution in [-0.4, -0.2) is 15.9 Å². The molecule has 0 saturated heterocycles. The molecule has 4 aromatic rings. The predicted octanol–water partition coefficient (Wildman–Crippen LogP) is 4.38. The van der Waals surface area contributed by atoms with Crippen LogP contribution in [0.25, 0.3) is 22.2 Å². The summed E-state index contributed by atoms with van der Waals surface area (Å²) in [4.78, 5) is 21.7. The number of pyridine rings is 2. The van der Waals surface area contributed by atoms with E-state index in [9.17, 15) is 4.79 Å². The second-order valence-corrected chi connectivity index (χ2v) is 6.02. The third-order valence-corrected chi connectivity index (χ3v) is 4.25. The van der Waals surface area contributed by atoms with Gasteiger partial charge in [-0.2, -0.15) is 0 Å². The van der Waals surface area contributed by atoms with E-state index >= 15 is 0 Å². The Labute approximate surface area is 150 Å². The average molecular weight is 343 g/mol. The molecule has 1 atom stereocenters. The van der Waals surface area contributed by atoms with E-state index in [1.54, 1.807) is 24.7 Å². The Morgan fingerprint density at radius 2 is 1.88 bits per heavy atom. The summed E-state index contributed by atoms with van der Waals surface area (Å²) in [6.45, 7) is 1.89. The summed E-state index contributed by atoms with van der Waals surface area (Å²) in [6.07, 6.45) is 5.03. The lowest BCUT2D eigenvalue weighted by Crippen LogP contribution is -2.26. The first-order chi connectivity index (χ1) is 12.7. The number of fused-ring (bicyclic) bond motifs is 1. The molecule has 5 nitrogen and oxygen atoms in total. The number of rotatable bonds is 4. The maximum Gasteiger partial charge on any atom is 0.252 e. The second-order valence-electron chi connectivity index (χ2n) is 6.02. The van der Waals surface area contributed by atoms with Gasteiger partial charge in [-0.1, -0.05) is 18.2 Å². The smallest absolute Gasteiger partial charge is 0.252 e. The van der Waals surface area contributed by atoms with E-state index in [0.717, 1.165) is 22.2 Å². The molecule has 3 heterocycles. The number of carbonyl (C=O) groups excluding carboxylic acids is 1. The third-order valence-electron chi connectivity index (χ3n) is 4.25. The van der Waals surface area contributed by atoms with Crippen LogP contribution in [0.5, 0.6) is 0 Å². The largest absolute Gasteiger partial charge is 0.467 e. The van der Waals surface area contributed by atoms with Gasteiger partial charge in [-0.05, 0) is 43.3 Å². The van der Waals surface area contributed by atoms with Crippen LogP contribution < -0.4 is 5.32 Å². The monoisotopic (exact) mass is 343 g/mol. The fourth-order valence-electron chi connectivity index (χ4n) is 2.92.